The lowest BCUT2D eigenvalue weighted by Crippen LogP contribution is -1.94. The molecule has 0 aromatic heterocycles. The molecule has 0 bridgehead atoms. The fraction of sp³-hybridized carbons (Fsp3) is 0.300. The van der Waals surface area contributed by atoms with E-state index in [9.17, 15) is 0 Å². The smallest absolute Gasteiger partial charge is 0.122 e. The summed E-state index contributed by atoms with van der Waals surface area (Å²) in [5, 5.41) is 11.3. The second-order valence-electron chi connectivity index (χ2n) is 2.70. The molecule has 0 amide bonds. The minimum absolute atomic E-state index is 0.661. The zero-order chi connectivity index (χ0) is 9.68. The van der Waals surface area contributed by atoms with Crippen LogP contribution in [0.3, 0.4) is 0 Å². The predicted molar refractivity (Wildman–Crippen MR) is 51.7 cm³/mol. The quantitative estimate of drug-likeness (QED) is 0.439. The largest absolute Gasteiger partial charge is 0.494 e. The highest BCUT2D eigenvalue weighted by Gasteiger charge is 1.98. The Morgan fingerprint density at radius 1 is 1.54 bits per heavy atom. The standard InChI is InChI=1S/C10H13NO2/c1-3-13-10-5-4-9(7-11-12)6-8(10)2/h4-7,12H,3H2,1-2H3. The third-order valence-electron chi connectivity index (χ3n) is 1.71. The summed E-state index contributed by atoms with van der Waals surface area (Å²) in [6.07, 6.45) is 1.39. The number of ether oxygens (including phenoxy) is 1. The van der Waals surface area contributed by atoms with Crippen LogP contribution in [-0.2, 0) is 0 Å². The van der Waals surface area contributed by atoms with Crippen molar-refractivity contribution in [2.45, 2.75) is 13.8 Å². The van der Waals surface area contributed by atoms with Gasteiger partial charge in [0.25, 0.3) is 0 Å². The average molecular weight is 179 g/mol. The van der Waals surface area contributed by atoms with Gasteiger partial charge >= 0.3 is 0 Å². The molecule has 3 nitrogen and oxygen atoms in total. The van der Waals surface area contributed by atoms with Crippen molar-refractivity contribution in [1.82, 2.24) is 0 Å². The van der Waals surface area contributed by atoms with Gasteiger partial charge in [-0.25, -0.2) is 0 Å². The van der Waals surface area contributed by atoms with E-state index in [1.54, 1.807) is 0 Å². The zero-order valence-electron chi connectivity index (χ0n) is 7.82. The van der Waals surface area contributed by atoms with Crippen LogP contribution < -0.4 is 4.74 Å². The first kappa shape index (κ1) is 9.58. The van der Waals surface area contributed by atoms with Gasteiger partial charge in [-0.3, -0.25) is 0 Å². The van der Waals surface area contributed by atoms with Crippen molar-refractivity contribution < 1.29 is 9.94 Å². The van der Waals surface area contributed by atoms with Gasteiger partial charge in [-0.2, -0.15) is 0 Å². The highest BCUT2D eigenvalue weighted by molar-refractivity contribution is 5.79. The second kappa shape index (κ2) is 4.50. The van der Waals surface area contributed by atoms with Crippen LogP contribution in [0.25, 0.3) is 0 Å². The molecular weight excluding hydrogens is 166 g/mol. The van der Waals surface area contributed by atoms with Gasteiger partial charge in [0.1, 0.15) is 5.75 Å². The van der Waals surface area contributed by atoms with Crippen molar-refractivity contribution in [1.29, 1.82) is 0 Å². The van der Waals surface area contributed by atoms with Gasteiger partial charge in [-0.15, -0.1) is 0 Å². The summed E-state index contributed by atoms with van der Waals surface area (Å²) in [5.41, 5.74) is 1.91. The molecule has 1 aromatic rings. The fourth-order valence-electron chi connectivity index (χ4n) is 1.14. The summed E-state index contributed by atoms with van der Waals surface area (Å²) in [5.74, 6) is 0.873. The molecule has 70 valence electrons. The first-order valence-electron chi connectivity index (χ1n) is 4.18. The fourth-order valence-corrected chi connectivity index (χ4v) is 1.14. The van der Waals surface area contributed by atoms with Crippen LogP contribution in [0, 0.1) is 6.92 Å². The summed E-state index contributed by atoms with van der Waals surface area (Å²) >= 11 is 0. The third kappa shape index (κ3) is 2.47. The molecule has 0 spiro atoms. The van der Waals surface area contributed by atoms with Gasteiger partial charge in [0.15, 0.2) is 0 Å². The Bertz CT molecular complexity index is 308. The van der Waals surface area contributed by atoms with Crippen molar-refractivity contribution in [3.8, 4) is 5.75 Å². The lowest BCUT2D eigenvalue weighted by atomic mass is 10.1. The van der Waals surface area contributed by atoms with Crippen LogP contribution in [0.15, 0.2) is 23.4 Å². The molecule has 0 fully saturated rings. The highest BCUT2D eigenvalue weighted by atomic mass is 16.5. The first-order valence-corrected chi connectivity index (χ1v) is 4.18. The van der Waals surface area contributed by atoms with Gasteiger partial charge in [-0.05, 0) is 43.2 Å². The summed E-state index contributed by atoms with van der Waals surface area (Å²) in [4.78, 5) is 0. The highest BCUT2D eigenvalue weighted by Crippen LogP contribution is 2.18. The van der Waals surface area contributed by atoms with Crippen LogP contribution in [0.1, 0.15) is 18.1 Å². The molecule has 3 heteroatoms. The Kier molecular flexibility index (Phi) is 3.31. The van der Waals surface area contributed by atoms with Gasteiger partial charge < -0.3 is 9.94 Å². The molecular formula is C10H13NO2. The topological polar surface area (TPSA) is 41.8 Å². The number of hydrogen-bond donors (Lipinski definition) is 1. The molecule has 0 atom stereocenters. The summed E-state index contributed by atoms with van der Waals surface area (Å²) in [6, 6.07) is 5.62. The molecule has 0 saturated heterocycles. The maximum Gasteiger partial charge on any atom is 0.122 e. The van der Waals surface area contributed by atoms with Gasteiger partial charge in [0.2, 0.25) is 0 Å². The molecule has 1 aromatic carbocycles. The van der Waals surface area contributed by atoms with E-state index in [0.29, 0.717) is 6.61 Å². The minimum Gasteiger partial charge on any atom is -0.494 e. The van der Waals surface area contributed by atoms with E-state index in [1.807, 2.05) is 32.0 Å². The van der Waals surface area contributed by atoms with E-state index in [-0.39, 0.29) is 0 Å². The van der Waals surface area contributed by atoms with E-state index >= 15 is 0 Å². The number of aryl methyl sites for hydroxylation is 1. The molecule has 1 N–H and O–H groups in total. The number of hydrogen-bond acceptors (Lipinski definition) is 3. The number of nitrogens with zero attached hydrogens (tertiary/aromatic N) is 1. The molecule has 0 aliphatic carbocycles. The van der Waals surface area contributed by atoms with Crippen molar-refractivity contribution >= 4 is 6.21 Å². The predicted octanol–water partition coefficient (Wildman–Crippen LogP) is 2.20. The van der Waals surface area contributed by atoms with Crippen molar-refractivity contribution in [3.63, 3.8) is 0 Å². The summed E-state index contributed by atoms with van der Waals surface area (Å²) in [6.45, 7) is 4.57. The first-order chi connectivity index (χ1) is 6.27. The lowest BCUT2D eigenvalue weighted by molar-refractivity contribution is 0.321. The normalized spacial score (nSPS) is 10.6. The van der Waals surface area contributed by atoms with Crippen LogP contribution >= 0.6 is 0 Å². The van der Waals surface area contributed by atoms with Crippen molar-refractivity contribution in [2.24, 2.45) is 5.16 Å². The third-order valence-corrected chi connectivity index (χ3v) is 1.71. The molecule has 0 heterocycles. The van der Waals surface area contributed by atoms with E-state index in [1.165, 1.54) is 6.21 Å². The minimum atomic E-state index is 0.661. The van der Waals surface area contributed by atoms with Crippen molar-refractivity contribution in [2.75, 3.05) is 6.61 Å². The Morgan fingerprint density at radius 3 is 2.85 bits per heavy atom. The van der Waals surface area contributed by atoms with E-state index in [2.05, 4.69) is 5.16 Å². The van der Waals surface area contributed by atoms with E-state index in [4.69, 9.17) is 9.94 Å². The lowest BCUT2D eigenvalue weighted by Gasteiger charge is -2.06. The van der Waals surface area contributed by atoms with Crippen LogP contribution in [0.4, 0.5) is 0 Å². The molecule has 0 aliphatic rings. The second-order valence-corrected chi connectivity index (χ2v) is 2.70. The SMILES string of the molecule is CCOc1ccc(C=NO)cc1C. The molecule has 1 rings (SSSR count). The van der Waals surface area contributed by atoms with Crippen molar-refractivity contribution in [3.05, 3.63) is 29.3 Å². The molecule has 13 heavy (non-hydrogen) atoms. The van der Waals surface area contributed by atoms with Crippen LogP contribution in [-0.4, -0.2) is 18.0 Å². The molecule has 0 radical (unpaired) electrons. The Morgan fingerprint density at radius 2 is 2.31 bits per heavy atom. The van der Waals surface area contributed by atoms with E-state index < -0.39 is 0 Å². The number of benzene rings is 1. The van der Waals surface area contributed by atoms with Crippen LogP contribution in [0.5, 0.6) is 5.75 Å². The maximum absolute atomic E-state index is 8.32. The molecule has 0 saturated carbocycles. The molecule has 0 unspecified atom stereocenters. The summed E-state index contributed by atoms with van der Waals surface area (Å²) in [7, 11) is 0. The van der Waals surface area contributed by atoms with Gasteiger partial charge in [0, 0.05) is 0 Å². The maximum atomic E-state index is 8.32. The van der Waals surface area contributed by atoms with Crippen LogP contribution in [0.2, 0.25) is 0 Å². The Balaban J connectivity index is 2.91. The average Bonchev–Trinajstić information content (AvgIpc) is 2.10. The Labute approximate surface area is 77.6 Å². The Hall–Kier alpha value is -1.51. The summed E-state index contributed by atoms with van der Waals surface area (Å²) < 4.78 is 5.36. The molecule has 0 aliphatic heterocycles. The number of oxime groups is 1. The monoisotopic (exact) mass is 179 g/mol. The van der Waals surface area contributed by atoms with Gasteiger partial charge in [0.05, 0.1) is 12.8 Å². The van der Waals surface area contributed by atoms with Gasteiger partial charge in [-0.1, -0.05) is 5.16 Å². The van der Waals surface area contributed by atoms with E-state index in [0.717, 1.165) is 16.9 Å². The number of rotatable bonds is 3. The zero-order valence-corrected chi connectivity index (χ0v) is 7.82.